The molecule has 2 N–H and O–H groups in total. The zero-order chi connectivity index (χ0) is 18.6. The maximum atomic E-state index is 12.3. The number of hydrogen-bond acceptors (Lipinski definition) is 5. The van der Waals surface area contributed by atoms with E-state index in [2.05, 4.69) is 9.93 Å². The first-order chi connectivity index (χ1) is 12.5. The first-order valence-corrected chi connectivity index (χ1v) is 9.48. The van der Waals surface area contributed by atoms with Crippen LogP contribution >= 0.6 is 0 Å². The summed E-state index contributed by atoms with van der Waals surface area (Å²) in [6.07, 6.45) is 1.30. The van der Waals surface area contributed by atoms with Crippen LogP contribution < -0.4 is 9.57 Å². The van der Waals surface area contributed by atoms with Crippen LogP contribution in [0, 0.1) is 0 Å². The van der Waals surface area contributed by atoms with Crippen molar-refractivity contribution in [3.05, 3.63) is 66.2 Å². The van der Waals surface area contributed by atoms with Gasteiger partial charge in [0.2, 0.25) is 0 Å². The van der Waals surface area contributed by atoms with E-state index < -0.39 is 10.0 Å². The van der Waals surface area contributed by atoms with Crippen LogP contribution in [0.1, 0.15) is 12.5 Å². The number of phenols is 1. The van der Waals surface area contributed by atoms with Crippen molar-refractivity contribution in [3.63, 3.8) is 0 Å². The van der Waals surface area contributed by atoms with E-state index in [-0.39, 0.29) is 10.6 Å². The third-order valence-corrected chi connectivity index (χ3v) is 5.00. The lowest BCUT2D eigenvalue weighted by atomic mass is 10.0. The Morgan fingerprint density at radius 3 is 2.54 bits per heavy atom. The second-order valence-electron chi connectivity index (χ2n) is 5.48. The summed E-state index contributed by atoms with van der Waals surface area (Å²) < 4.78 is 29.9. The number of rotatable bonds is 6. The Morgan fingerprint density at radius 1 is 1.08 bits per heavy atom. The van der Waals surface area contributed by atoms with E-state index in [0.29, 0.717) is 17.9 Å². The topological polar surface area (TPSA) is 88.0 Å². The zero-order valence-corrected chi connectivity index (χ0v) is 14.9. The van der Waals surface area contributed by atoms with Gasteiger partial charge in [-0.25, -0.2) is 4.83 Å². The number of fused-ring (bicyclic) bond motifs is 1. The van der Waals surface area contributed by atoms with E-state index in [1.165, 1.54) is 18.3 Å². The van der Waals surface area contributed by atoms with Crippen molar-refractivity contribution in [2.45, 2.75) is 11.8 Å². The summed E-state index contributed by atoms with van der Waals surface area (Å²) >= 11 is 0. The molecule has 6 nitrogen and oxygen atoms in total. The molecule has 0 unspecified atom stereocenters. The van der Waals surface area contributed by atoms with Gasteiger partial charge in [-0.1, -0.05) is 30.3 Å². The first-order valence-electron chi connectivity index (χ1n) is 7.99. The fraction of sp³-hybridized carbons (Fsp3) is 0.105. The number of phenolic OH excluding ortho intramolecular Hbond substituents is 1. The molecule has 7 heteroatoms. The molecule has 0 aromatic heterocycles. The molecule has 0 heterocycles. The molecule has 0 bridgehead atoms. The Kier molecular flexibility index (Phi) is 5.09. The Bertz CT molecular complexity index is 1040. The molecule has 0 spiro atoms. The average molecular weight is 370 g/mol. The van der Waals surface area contributed by atoms with Gasteiger partial charge in [0.1, 0.15) is 11.5 Å². The minimum atomic E-state index is -3.81. The fourth-order valence-electron chi connectivity index (χ4n) is 2.51. The normalized spacial score (nSPS) is 11.7. The highest BCUT2D eigenvalue weighted by molar-refractivity contribution is 7.89. The van der Waals surface area contributed by atoms with Crippen molar-refractivity contribution in [2.24, 2.45) is 5.10 Å². The van der Waals surface area contributed by atoms with E-state index in [4.69, 9.17) is 4.74 Å². The number of sulfonamides is 1. The van der Waals surface area contributed by atoms with Crippen LogP contribution in [0.15, 0.2) is 70.7 Å². The number of nitrogens with zero attached hydrogens (tertiary/aromatic N) is 1. The summed E-state index contributed by atoms with van der Waals surface area (Å²) in [7, 11) is -3.81. The van der Waals surface area contributed by atoms with Gasteiger partial charge in [0.05, 0.1) is 17.7 Å². The third-order valence-electron chi connectivity index (χ3n) is 3.76. The van der Waals surface area contributed by atoms with Crippen molar-refractivity contribution in [1.29, 1.82) is 0 Å². The average Bonchev–Trinajstić information content (AvgIpc) is 2.64. The molecule has 0 saturated heterocycles. The standard InChI is InChI=1S/C19H18N2O4S/c1-2-25-15-8-10-16(11-9-15)26(23,24)21-20-13-18-17-6-4-3-5-14(17)7-12-19(18)22/h3-13,21-22H,2H2,1H3. The molecule has 0 saturated carbocycles. The Hall–Kier alpha value is -3.06. The summed E-state index contributed by atoms with van der Waals surface area (Å²) in [4.78, 5) is 2.23. The number of ether oxygens (including phenoxy) is 1. The van der Waals surface area contributed by atoms with Gasteiger partial charge in [0.15, 0.2) is 0 Å². The van der Waals surface area contributed by atoms with Gasteiger partial charge in [-0.2, -0.15) is 13.5 Å². The van der Waals surface area contributed by atoms with Crippen molar-refractivity contribution in [1.82, 2.24) is 4.83 Å². The molecule has 134 valence electrons. The quantitative estimate of drug-likeness (QED) is 0.515. The predicted octanol–water partition coefficient (Wildman–Crippen LogP) is 3.26. The van der Waals surface area contributed by atoms with Crippen LogP contribution in [0.4, 0.5) is 0 Å². The summed E-state index contributed by atoms with van der Waals surface area (Å²) in [5, 5.41) is 15.6. The molecule has 0 aliphatic heterocycles. The SMILES string of the molecule is CCOc1ccc(S(=O)(=O)NN=Cc2c(O)ccc3ccccc23)cc1. The summed E-state index contributed by atoms with van der Waals surface area (Å²) in [5.74, 6) is 0.614. The van der Waals surface area contributed by atoms with Crippen LogP contribution in [0.25, 0.3) is 10.8 Å². The van der Waals surface area contributed by atoms with Crippen molar-refractivity contribution in [2.75, 3.05) is 6.61 Å². The molecular formula is C19H18N2O4S. The number of hydrogen-bond donors (Lipinski definition) is 2. The van der Waals surface area contributed by atoms with E-state index in [0.717, 1.165) is 10.8 Å². The summed E-state index contributed by atoms with van der Waals surface area (Å²) in [5.41, 5.74) is 0.442. The van der Waals surface area contributed by atoms with Crippen LogP contribution in [-0.4, -0.2) is 26.3 Å². The van der Waals surface area contributed by atoms with Crippen LogP contribution in [0.3, 0.4) is 0 Å². The maximum Gasteiger partial charge on any atom is 0.276 e. The molecule has 0 atom stereocenters. The lowest BCUT2D eigenvalue weighted by Gasteiger charge is -2.07. The highest BCUT2D eigenvalue weighted by Gasteiger charge is 2.13. The van der Waals surface area contributed by atoms with Gasteiger partial charge < -0.3 is 9.84 Å². The Labute approximate surface area is 151 Å². The second-order valence-corrected chi connectivity index (χ2v) is 7.14. The molecule has 0 amide bonds. The largest absolute Gasteiger partial charge is 0.507 e. The predicted molar refractivity (Wildman–Crippen MR) is 101 cm³/mol. The first kappa shape index (κ1) is 17.8. The van der Waals surface area contributed by atoms with Crippen molar-refractivity contribution < 1.29 is 18.3 Å². The molecule has 0 aliphatic rings. The molecule has 3 aromatic carbocycles. The Balaban J connectivity index is 1.83. The maximum absolute atomic E-state index is 12.3. The highest BCUT2D eigenvalue weighted by Crippen LogP contribution is 2.25. The molecule has 0 radical (unpaired) electrons. The number of aromatic hydroxyl groups is 1. The van der Waals surface area contributed by atoms with E-state index in [9.17, 15) is 13.5 Å². The van der Waals surface area contributed by atoms with Crippen LogP contribution in [-0.2, 0) is 10.0 Å². The van der Waals surface area contributed by atoms with Crippen molar-refractivity contribution in [3.8, 4) is 11.5 Å². The van der Waals surface area contributed by atoms with Gasteiger partial charge in [-0.05, 0) is 48.0 Å². The number of nitrogens with one attached hydrogen (secondary N) is 1. The molecular weight excluding hydrogens is 352 g/mol. The smallest absolute Gasteiger partial charge is 0.276 e. The van der Waals surface area contributed by atoms with Gasteiger partial charge in [0, 0.05) is 5.56 Å². The minimum Gasteiger partial charge on any atom is -0.507 e. The lowest BCUT2D eigenvalue weighted by Crippen LogP contribution is -2.18. The third kappa shape index (κ3) is 3.78. The molecule has 3 rings (SSSR count). The minimum absolute atomic E-state index is 0.0210. The van der Waals surface area contributed by atoms with Crippen LogP contribution in [0.2, 0.25) is 0 Å². The zero-order valence-electron chi connectivity index (χ0n) is 14.1. The fourth-order valence-corrected chi connectivity index (χ4v) is 3.31. The number of hydrazone groups is 1. The molecule has 26 heavy (non-hydrogen) atoms. The van der Waals surface area contributed by atoms with Crippen LogP contribution in [0.5, 0.6) is 11.5 Å². The summed E-state index contributed by atoms with van der Waals surface area (Å²) in [6.45, 7) is 2.35. The van der Waals surface area contributed by atoms with Crippen molar-refractivity contribution >= 4 is 27.0 Å². The summed E-state index contributed by atoms with van der Waals surface area (Å²) in [6, 6.07) is 16.8. The molecule has 0 fully saturated rings. The molecule has 3 aromatic rings. The lowest BCUT2D eigenvalue weighted by molar-refractivity contribution is 0.340. The van der Waals surface area contributed by atoms with Gasteiger partial charge in [-0.3, -0.25) is 0 Å². The van der Waals surface area contributed by atoms with Gasteiger partial charge >= 0.3 is 0 Å². The van der Waals surface area contributed by atoms with E-state index >= 15 is 0 Å². The highest BCUT2D eigenvalue weighted by atomic mass is 32.2. The van der Waals surface area contributed by atoms with E-state index in [1.807, 2.05) is 31.2 Å². The molecule has 0 aliphatic carbocycles. The monoisotopic (exact) mass is 370 g/mol. The van der Waals surface area contributed by atoms with Gasteiger partial charge in [-0.15, -0.1) is 0 Å². The Morgan fingerprint density at radius 2 is 1.81 bits per heavy atom. The second kappa shape index (κ2) is 7.45. The number of benzene rings is 3. The van der Waals surface area contributed by atoms with E-state index in [1.54, 1.807) is 24.3 Å². The van der Waals surface area contributed by atoms with Gasteiger partial charge in [0.25, 0.3) is 10.0 Å².